The SMILES string of the molecule is O=C(O)C1C2CCC(CC2)C1C=Nc1cncc(-c2c[nH]c3ncc(F)cc23)n1. The summed E-state index contributed by atoms with van der Waals surface area (Å²) in [6, 6.07) is 1.40. The predicted molar refractivity (Wildman–Crippen MR) is 105 cm³/mol. The molecule has 0 aliphatic heterocycles. The summed E-state index contributed by atoms with van der Waals surface area (Å²) in [4.78, 5) is 32.1. The molecule has 3 aromatic rings. The molecule has 3 aliphatic carbocycles. The lowest BCUT2D eigenvalue weighted by Crippen LogP contribution is -2.44. The first-order chi connectivity index (χ1) is 14.1. The molecule has 8 heteroatoms. The van der Waals surface area contributed by atoms with E-state index in [-0.39, 0.29) is 17.8 Å². The van der Waals surface area contributed by atoms with Crippen molar-refractivity contribution >= 4 is 29.0 Å². The Morgan fingerprint density at radius 1 is 1.21 bits per heavy atom. The van der Waals surface area contributed by atoms with Crippen LogP contribution in [0.15, 0.2) is 35.8 Å². The van der Waals surface area contributed by atoms with E-state index in [0.717, 1.165) is 31.9 Å². The van der Waals surface area contributed by atoms with Crippen LogP contribution in [0.25, 0.3) is 22.3 Å². The van der Waals surface area contributed by atoms with Crippen molar-refractivity contribution in [1.29, 1.82) is 0 Å². The largest absolute Gasteiger partial charge is 0.481 e. The van der Waals surface area contributed by atoms with Gasteiger partial charge in [0.2, 0.25) is 0 Å². The zero-order valence-electron chi connectivity index (χ0n) is 15.6. The van der Waals surface area contributed by atoms with Gasteiger partial charge >= 0.3 is 5.97 Å². The van der Waals surface area contributed by atoms with Gasteiger partial charge in [0.25, 0.3) is 0 Å². The molecule has 2 unspecified atom stereocenters. The molecule has 0 spiro atoms. The third kappa shape index (κ3) is 3.18. The van der Waals surface area contributed by atoms with Crippen molar-refractivity contribution < 1.29 is 14.3 Å². The molecule has 2 atom stereocenters. The second-order valence-corrected chi connectivity index (χ2v) is 7.91. The van der Waals surface area contributed by atoms with Crippen molar-refractivity contribution in [2.45, 2.75) is 25.7 Å². The lowest BCUT2D eigenvalue weighted by molar-refractivity contribution is -0.149. The molecular formula is C21H20FN5O2. The van der Waals surface area contributed by atoms with E-state index < -0.39 is 11.8 Å². The number of carbonyl (C=O) groups is 1. The summed E-state index contributed by atoms with van der Waals surface area (Å²) in [6.07, 6.45) is 11.9. The Balaban J connectivity index is 1.45. The van der Waals surface area contributed by atoms with Crippen LogP contribution in [0.5, 0.6) is 0 Å². The number of H-pyrrole nitrogens is 1. The van der Waals surface area contributed by atoms with Gasteiger partial charge in [-0.2, -0.15) is 0 Å². The molecule has 3 saturated carbocycles. The maximum absolute atomic E-state index is 13.6. The number of hydrogen-bond acceptors (Lipinski definition) is 5. The Morgan fingerprint density at radius 2 is 2.00 bits per heavy atom. The van der Waals surface area contributed by atoms with Gasteiger partial charge < -0.3 is 10.1 Å². The Kier molecular flexibility index (Phi) is 4.34. The zero-order chi connectivity index (χ0) is 20.0. The molecule has 148 valence electrons. The van der Waals surface area contributed by atoms with E-state index in [9.17, 15) is 14.3 Å². The summed E-state index contributed by atoms with van der Waals surface area (Å²) >= 11 is 0. The molecule has 3 heterocycles. The number of aromatic nitrogens is 4. The van der Waals surface area contributed by atoms with Crippen molar-refractivity contribution in [3.63, 3.8) is 0 Å². The molecule has 0 radical (unpaired) electrons. The van der Waals surface area contributed by atoms with Crippen molar-refractivity contribution in [3.8, 4) is 11.3 Å². The normalized spacial score (nSPS) is 26.4. The van der Waals surface area contributed by atoms with Crippen molar-refractivity contribution in [2.75, 3.05) is 0 Å². The highest BCUT2D eigenvalue weighted by Crippen LogP contribution is 2.48. The van der Waals surface area contributed by atoms with Crippen LogP contribution in [0.2, 0.25) is 0 Å². The molecule has 3 fully saturated rings. The van der Waals surface area contributed by atoms with Crippen LogP contribution in [0.4, 0.5) is 10.2 Å². The fourth-order valence-electron chi connectivity index (χ4n) is 4.98. The molecule has 2 bridgehead atoms. The second kappa shape index (κ2) is 7.02. The summed E-state index contributed by atoms with van der Waals surface area (Å²) in [7, 11) is 0. The fourth-order valence-corrected chi connectivity index (χ4v) is 4.98. The minimum atomic E-state index is -0.732. The van der Waals surface area contributed by atoms with Crippen molar-refractivity contribution in [1.82, 2.24) is 19.9 Å². The average Bonchev–Trinajstić information content (AvgIpc) is 3.16. The summed E-state index contributed by atoms with van der Waals surface area (Å²) in [5.74, 6) is -0.589. The van der Waals surface area contributed by atoms with Gasteiger partial charge in [-0.1, -0.05) is 0 Å². The summed E-state index contributed by atoms with van der Waals surface area (Å²) in [6.45, 7) is 0. The summed E-state index contributed by atoms with van der Waals surface area (Å²) in [5, 5.41) is 10.3. The topological polar surface area (TPSA) is 104 Å². The van der Waals surface area contributed by atoms with Gasteiger partial charge in [0, 0.05) is 29.3 Å². The highest BCUT2D eigenvalue weighted by molar-refractivity contribution is 5.92. The van der Waals surface area contributed by atoms with Gasteiger partial charge in [-0.05, 0) is 43.6 Å². The van der Waals surface area contributed by atoms with E-state index in [2.05, 4.69) is 24.9 Å². The number of halogens is 1. The van der Waals surface area contributed by atoms with Gasteiger partial charge in [0.15, 0.2) is 5.82 Å². The Morgan fingerprint density at radius 3 is 2.79 bits per heavy atom. The lowest BCUT2D eigenvalue weighted by atomic mass is 9.59. The number of pyridine rings is 1. The predicted octanol–water partition coefficient (Wildman–Crippen LogP) is 4.00. The molecule has 0 saturated heterocycles. The first-order valence-electron chi connectivity index (χ1n) is 9.82. The van der Waals surface area contributed by atoms with Crippen molar-refractivity contribution in [2.24, 2.45) is 28.7 Å². The van der Waals surface area contributed by atoms with E-state index in [1.54, 1.807) is 24.8 Å². The third-order valence-electron chi connectivity index (χ3n) is 6.34. The number of aliphatic imine (C=N–C) groups is 1. The second-order valence-electron chi connectivity index (χ2n) is 7.91. The third-order valence-corrected chi connectivity index (χ3v) is 6.34. The number of rotatable bonds is 4. The van der Waals surface area contributed by atoms with E-state index in [1.807, 2.05) is 0 Å². The standard InChI is InChI=1S/C21H20FN5O2/c22-13-5-14-16(8-26-20(14)25-6-13)17-9-23-10-18(27-17)24-7-15-11-1-3-12(4-2-11)19(15)21(28)29/h5-12,15,19H,1-4H2,(H,25,26)(H,28,29). The molecule has 3 aromatic heterocycles. The van der Waals surface area contributed by atoms with Crippen LogP contribution >= 0.6 is 0 Å². The molecule has 6 rings (SSSR count). The Hall–Kier alpha value is -3.16. The molecule has 7 nitrogen and oxygen atoms in total. The molecule has 0 amide bonds. The van der Waals surface area contributed by atoms with Crippen LogP contribution < -0.4 is 0 Å². The lowest BCUT2D eigenvalue weighted by Gasteiger charge is -2.45. The van der Waals surface area contributed by atoms with Crippen LogP contribution in [-0.2, 0) is 4.79 Å². The van der Waals surface area contributed by atoms with Gasteiger partial charge in [-0.15, -0.1) is 0 Å². The highest BCUT2D eigenvalue weighted by atomic mass is 19.1. The van der Waals surface area contributed by atoms with Gasteiger partial charge in [0.05, 0.1) is 30.2 Å². The summed E-state index contributed by atoms with van der Waals surface area (Å²) in [5.41, 5.74) is 1.81. The van der Waals surface area contributed by atoms with E-state index >= 15 is 0 Å². The molecule has 3 aliphatic rings. The first-order valence-corrected chi connectivity index (χ1v) is 9.82. The molecular weight excluding hydrogens is 373 g/mol. The van der Waals surface area contributed by atoms with Crippen molar-refractivity contribution in [3.05, 3.63) is 36.7 Å². The number of carboxylic acids is 1. The quantitative estimate of drug-likeness (QED) is 0.652. The number of nitrogens with one attached hydrogen (secondary N) is 1. The smallest absolute Gasteiger partial charge is 0.307 e. The molecule has 29 heavy (non-hydrogen) atoms. The Labute approximate surface area is 166 Å². The van der Waals surface area contributed by atoms with Crippen LogP contribution in [0.1, 0.15) is 25.7 Å². The molecule has 0 aromatic carbocycles. The minimum Gasteiger partial charge on any atom is -0.481 e. The Bertz CT molecular complexity index is 1100. The highest BCUT2D eigenvalue weighted by Gasteiger charge is 2.46. The zero-order valence-corrected chi connectivity index (χ0v) is 15.6. The molecule has 2 N–H and O–H groups in total. The van der Waals surface area contributed by atoms with E-state index in [4.69, 9.17) is 0 Å². The fraction of sp³-hybridized carbons (Fsp3) is 0.381. The van der Waals surface area contributed by atoms with Crippen LogP contribution in [-0.4, -0.2) is 37.2 Å². The number of aliphatic carboxylic acids is 1. The maximum atomic E-state index is 13.6. The number of hydrogen-bond donors (Lipinski definition) is 2. The first kappa shape index (κ1) is 17.9. The van der Waals surface area contributed by atoms with Gasteiger partial charge in [0.1, 0.15) is 11.5 Å². The maximum Gasteiger partial charge on any atom is 0.307 e. The van der Waals surface area contributed by atoms with Gasteiger partial charge in [-0.25, -0.2) is 19.4 Å². The summed E-state index contributed by atoms with van der Waals surface area (Å²) < 4.78 is 13.6. The monoisotopic (exact) mass is 393 g/mol. The minimum absolute atomic E-state index is 0.0724. The average molecular weight is 393 g/mol. The van der Waals surface area contributed by atoms with Crippen LogP contribution in [0.3, 0.4) is 0 Å². The van der Waals surface area contributed by atoms with Crippen LogP contribution in [0, 0.1) is 29.5 Å². The number of nitrogens with zero attached hydrogens (tertiary/aromatic N) is 4. The number of carboxylic acid groups (broad SMARTS) is 1. The van der Waals surface area contributed by atoms with Gasteiger partial charge in [-0.3, -0.25) is 9.78 Å². The number of aromatic amines is 1. The number of fused-ring (bicyclic) bond motifs is 4. The van der Waals surface area contributed by atoms with E-state index in [1.165, 1.54) is 6.07 Å². The van der Waals surface area contributed by atoms with E-state index in [0.29, 0.717) is 34.0 Å².